The molecule has 0 radical (unpaired) electrons. The van der Waals surface area contributed by atoms with Gasteiger partial charge in [0.05, 0.1) is 6.04 Å². The molecule has 3 rings (SSSR count). The molecule has 7 heteroatoms. The van der Waals surface area contributed by atoms with Crippen LogP contribution in [0.25, 0.3) is 0 Å². The van der Waals surface area contributed by atoms with Gasteiger partial charge in [-0.1, -0.05) is 6.07 Å². The van der Waals surface area contributed by atoms with E-state index in [-0.39, 0.29) is 24.2 Å². The van der Waals surface area contributed by atoms with E-state index in [2.05, 4.69) is 15.6 Å². The van der Waals surface area contributed by atoms with E-state index >= 15 is 0 Å². The number of aryl methyl sites for hydroxylation is 1. The van der Waals surface area contributed by atoms with Gasteiger partial charge in [-0.05, 0) is 42.8 Å². The molecule has 24 heavy (non-hydrogen) atoms. The summed E-state index contributed by atoms with van der Waals surface area (Å²) in [5.74, 6) is 0.0146. The third-order valence-electron chi connectivity index (χ3n) is 3.84. The summed E-state index contributed by atoms with van der Waals surface area (Å²) in [6, 6.07) is 8.62. The number of urea groups is 1. The number of benzene rings is 1. The van der Waals surface area contributed by atoms with Crippen LogP contribution in [0.4, 0.5) is 20.7 Å². The first-order valence-corrected chi connectivity index (χ1v) is 7.58. The number of hydrogen-bond donors (Lipinski definition) is 2. The topological polar surface area (TPSA) is 74.3 Å². The maximum Gasteiger partial charge on any atom is 0.320 e. The lowest BCUT2D eigenvalue weighted by Crippen LogP contribution is -2.40. The van der Waals surface area contributed by atoms with Crippen LogP contribution < -0.4 is 15.5 Å². The molecule has 1 aromatic carbocycles. The Balaban J connectivity index is 1.61. The molecule has 1 atom stereocenters. The van der Waals surface area contributed by atoms with Crippen LogP contribution in [-0.4, -0.2) is 29.5 Å². The SMILES string of the molecule is Cc1cccnc1NC(=O)NC1CC(=O)N(c2ccc(F)cc2)C1. The molecule has 0 saturated carbocycles. The second kappa shape index (κ2) is 6.66. The predicted octanol–water partition coefficient (Wildman–Crippen LogP) is 2.46. The van der Waals surface area contributed by atoms with Gasteiger partial charge in [-0.2, -0.15) is 0 Å². The Morgan fingerprint density at radius 3 is 2.75 bits per heavy atom. The Hall–Kier alpha value is -2.96. The summed E-state index contributed by atoms with van der Waals surface area (Å²) in [4.78, 5) is 29.8. The largest absolute Gasteiger partial charge is 0.333 e. The summed E-state index contributed by atoms with van der Waals surface area (Å²) in [5.41, 5.74) is 1.47. The normalized spacial score (nSPS) is 17.0. The molecule has 1 saturated heterocycles. The fraction of sp³-hybridized carbons (Fsp3) is 0.235. The van der Waals surface area contributed by atoms with Gasteiger partial charge < -0.3 is 10.2 Å². The Labute approximate surface area is 138 Å². The van der Waals surface area contributed by atoms with Crippen molar-refractivity contribution in [2.75, 3.05) is 16.8 Å². The van der Waals surface area contributed by atoms with Crippen molar-refractivity contribution in [2.45, 2.75) is 19.4 Å². The maximum absolute atomic E-state index is 13.0. The number of nitrogens with zero attached hydrogens (tertiary/aromatic N) is 2. The molecule has 0 spiro atoms. The minimum Gasteiger partial charge on any atom is -0.333 e. The van der Waals surface area contributed by atoms with Crippen LogP contribution >= 0.6 is 0 Å². The van der Waals surface area contributed by atoms with Crippen molar-refractivity contribution in [3.8, 4) is 0 Å². The molecule has 2 N–H and O–H groups in total. The number of amides is 3. The Morgan fingerprint density at radius 1 is 1.29 bits per heavy atom. The summed E-state index contributed by atoms with van der Waals surface area (Å²) in [6.07, 6.45) is 1.80. The Bertz CT molecular complexity index is 763. The van der Waals surface area contributed by atoms with E-state index in [1.807, 2.05) is 13.0 Å². The van der Waals surface area contributed by atoms with Gasteiger partial charge in [0.2, 0.25) is 5.91 Å². The number of anilines is 2. The second-order valence-corrected chi connectivity index (χ2v) is 5.65. The molecular formula is C17H17FN4O2. The minimum absolute atomic E-state index is 0.110. The average molecular weight is 328 g/mol. The van der Waals surface area contributed by atoms with E-state index in [4.69, 9.17) is 0 Å². The van der Waals surface area contributed by atoms with E-state index in [1.165, 1.54) is 17.0 Å². The number of nitrogens with one attached hydrogen (secondary N) is 2. The summed E-state index contributed by atoms with van der Waals surface area (Å²) in [7, 11) is 0. The van der Waals surface area contributed by atoms with Gasteiger partial charge >= 0.3 is 6.03 Å². The zero-order valence-corrected chi connectivity index (χ0v) is 13.1. The highest BCUT2D eigenvalue weighted by atomic mass is 19.1. The molecular weight excluding hydrogens is 311 g/mol. The number of carbonyl (C=O) groups is 2. The summed E-state index contributed by atoms with van der Waals surface area (Å²) in [6.45, 7) is 2.19. The van der Waals surface area contributed by atoms with Crippen molar-refractivity contribution < 1.29 is 14.0 Å². The third-order valence-corrected chi connectivity index (χ3v) is 3.84. The predicted molar refractivity (Wildman–Crippen MR) is 88.3 cm³/mol. The van der Waals surface area contributed by atoms with E-state index in [9.17, 15) is 14.0 Å². The van der Waals surface area contributed by atoms with Crippen molar-refractivity contribution in [1.29, 1.82) is 0 Å². The van der Waals surface area contributed by atoms with Gasteiger partial charge in [0.1, 0.15) is 11.6 Å². The highest BCUT2D eigenvalue weighted by Crippen LogP contribution is 2.22. The molecule has 2 aromatic rings. The zero-order valence-electron chi connectivity index (χ0n) is 13.1. The van der Waals surface area contributed by atoms with Gasteiger partial charge in [0.25, 0.3) is 0 Å². The lowest BCUT2D eigenvalue weighted by molar-refractivity contribution is -0.117. The molecule has 1 aliphatic rings. The van der Waals surface area contributed by atoms with E-state index in [0.717, 1.165) is 5.56 Å². The van der Waals surface area contributed by atoms with Crippen molar-refractivity contribution in [3.63, 3.8) is 0 Å². The Morgan fingerprint density at radius 2 is 2.04 bits per heavy atom. The van der Waals surface area contributed by atoms with E-state index < -0.39 is 6.03 Å². The first kappa shape index (κ1) is 15.9. The van der Waals surface area contributed by atoms with E-state index in [1.54, 1.807) is 24.4 Å². The maximum atomic E-state index is 13.0. The van der Waals surface area contributed by atoms with Crippen LogP contribution in [0.3, 0.4) is 0 Å². The van der Waals surface area contributed by atoms with E-state index in [0.29, 0.717) is 18.1 Å². The molecule has 1 aromatic heterocycles. The number of pyridine rings is 1. The van der Waals surface area contributed by atoms with Crippen LogP contribution in [0.2, 0.25) is 0 Å². The summed E-state index contributed by atoms with van der Waals surface area (Å²) < 4.78 is 13.0. The van der Waals surface area contributed by atoms with Crippen molar-refractivity contribution >= 4 is 23.4 Å². The molecule has 1 unspecified atom stereocenters. The molecule has 3 amide bonds. The fourth-order valence-corrected chi connectivity index (χ4v) is 2.62. The highest BCUT2D eigenvalue weighted by Gasteiger charge is 2.31. The van der Waals surface area contributed by atoms with Crippen LogP contribution in [0.1, 0.15) is 12.0 Å². The molecule has 1 aliphatic heterocycles. The van der Waals surface area contributed by atoms with Crippen LogP contribution in [0.15, 0.2) is 42.6 Å². The number of halogens is 1. The molecule has 0 bridgehead atoms. The molecule has 1 fully saturated rings. The zero-order chi connectivity index (χ0) is 17.1. The third kappa shape index (κ3) is 3.51. The van der Waals surface area contributed by atoms with Crippen molar-refractivity contribution in [3.05, 3.63) is 54.0 Å². The first-order valence-electron chi connectivity index (χ1n) is 7.58. The van der Waals surface area contributed by atoms with Crippen molar-refractivity contribution in [2.24, 2.45) is 0 Å². The summed E-state index contributed by atoms with van der Waals surface area (Å²) in [5, 5.41) is 5.44. The smallest absolute Gasteiger partial charge is 0.320 e. The molecule has 2 heterocycles. The lowest BCUT2D eigenvalue weighted by atomic mass is 10.2. The fourth-order valence-electron chi connectivity index (χ4n) is 2.62. The lowest BCUT2D eigenvalue weighted by Gasteiger charge is -2.17. The van der Waals surface area contributed by atoms with Gasteiger partial charge in [-0.15, -0.1) is 0 Å². The van der Waals surface area contributed by atoms with Gasteiger partial charge in [-0.25, -0.2) is 14.2 Å². The Kier molecular flexibility index (Phi) is 4.41. The minimum atomic E-state index is -0.407. The number of rotatable bonds is 3. The molecule has 0 aliphatic carbocycles. The van der Waals surface area contributed by atoms with Gasteiger partial charge in [-0.3, -0.25) is 10.1 Å². The van der Waals surface area contributed by atoms with Crippen molar-refractivity contribution in [1.82, 2.24) is 10.3 Å². The number of hydrogen-bond acceptors (Lipinski definition) is 3. The van der Waals surface area contributed by atoms with Crippen LogP contribution in [-0.2, 0) is 4.79 Å². The standard InChI is InChI=1S/C17H17FN4O2/c1-11-3-2-8-19-16(11)21-17(24)20-13-9-15(23)22(10-13)14-6-4-12(18)5-7-14/h2-8,13H,9-10H2,1H3,(H2,19,20,21,24). The van der Waals surface area contributed by atoms with Crippen LogP contribution in [0, 0.1) is 12.7 Å². The van der Waals surface area contributed by atoms with Gasteiger partial charge in [0, 0.05) is 24.8 Å². The molecule has 6 nitrogen and oxygen atoms in total. The number of aromatic nitrogens is 1. The number of carbonyl (C=O) groups excluding carboxylic acids is 2. The monoisotopic (exact) mass is 328 g/mol. The molecule has 124 valence electrons. The second-order valence-electron chi connectivity index (χ2n) is 5.65. The quantitative estimate of drug-likeness (QED) is 0.909. The summed E-state index contributed by atoms with van der Waals surface area (Å²) >= 11 is 0. The highest BCUT2D eigenvalue weighted by molar-refractivity contribution is 5.97. The average Bonchev–Trinajstić information content (AvgIpc) is 2.90. The van der Waals surface area contributed by atoms with Crippen LogP contribution in [0.5, 0.6) is 0 Å². The van der Waals surface area contributed by atoms with Gasteiger partial charge in [0.15, 0.2) is 0 Å². The first-order chi connectivity index (χ1) is 11.5.